The molecule has 1 amide bonds. The molecule has 0 radical (unpaired) electrons. The zero-order valence-electron chi connectivity index (χ0n) is 14.6. The van der Waals surface area contributed by atoms with E-state index in [1.54, 1.807) is 19.1 Å². The van der Waals surface area contributed by atoms with E-state index in [1.165, 1.54) is 16.8 Å². The van der Waals surface area contributed by atoms with Gasteiger partial charge in [-0.2, -0.15) is 0 Å². The second-order valence-electron chi connectivity index (χ2n) is 6.01. The minimum absolute atomic E-state index is 0.229. The van der Waals surface area contributed by atoms with Gasteiger partial charge >= 0.3 is 0 Å². The first-order chi connectivity index (χ1) is 12.5. The number of carbonyl (C=O) groups is 1. The third kappa shape index (κ3) is 4.27. The van der Waals surface area contributed by atoms with E-state index in [0.29, 0.717) is 18.8 Å². The maximum absolute atomic E-state index is 13.1. The predicted molar refractivity (Wildman–Crippen MR) is 92.5 cm³/mol. The molecular weight excluding hydrogens is 335 g/mol. The van der Waals surface area contributed by atoms with Crippen molar-refractivity contribution < 1.29 is 9.18 Å². The Labute approximate surface area is 150 Å². The standard InChI is InChI=1S/C18H19FN6O/c1-12-4-3-5-16(21-12)11-20-18(26)17(25-13(2)22-23-24-25)10-14-6-8-15(19)9-7-14/h3-9,17H,10-11H2,1-2H3,(H,20,26). The summed E-state index contributed by atoms with van der Waals surface area (Å²) in [5.41, 5.74) is 2.47. The minimum atomic E-state index is -0.639. The first-order valence-electron chi connectivity index (χ1n) is 8.22. The lowest BCUT2D eigenvalue weighted by molar-refractivity contribution is -0.124. The summed E-state index contributed by atoms with van der Waals surface area (Å²) >= 11 is 0. The molecule has 0 saturated carbocycles. The number of nitrogens with zero attached hydrogens (tertiary/aromatic N) is 5. The Morgan fingerprint density at radius 2 is 1.96 bits per heavy atom. The van der Waals surface area contributed by atoms with Crippen LogP contribution >= 0.6 is 0 Å². The molecule has 0 bridgehead atoms. The highest BCUT2D eigenvalue weighted by atomic mass is 19.1. The Bertz CT molecular complexity index is 893. The van der Waals surface area contributed by atoms with E-state index in [0.717, 1.165) is 17.0 Å². The third-order valence-corrected chi connectivity index (χ3v) is 3.99. The van der Waals surface area contributed by atoms with Crippen molar-refractivity contribution in [1.82, 2.24) is 30.5 Å². The molecule has 0 aliphatic carbocycles. The van der Waals surface area contributed by atoms with E-state index in [-0.39, 0.29) is 11.7 Å². The third-order valence-electron chi connectivity index (χ3n) is 3.99. The number of benzene rings is 1. The molecule has 2 aromatic heterocycles. The van der Waals surface area contributed by atoms with Crippen molar-refractivity contribution in [1.29, 1.82) is 0 Å². The Kier molecular flexibility index (Phi) is 5.31. The highest BCUT2D eigenvalue weighted by Crippen LogP contribution is 2.16. The van der Waals surface area contributed by atoms with E-state index < -0.39 is 6.04 Å². The number of carbonyl (C=O) groups excluding carboxylic acids is 1. The number of aromatic nitrogens is 5. The Morgan fingerprint density at radius 3 is 2.62 bits per heavy atom. The molecule has 2 heterocycles. The zero-order valence-corrected chi connectivity index (χ0v) is 14.6. The molecule has 1 N–H and O–H groups in total. The molecule has 0 saturated heterocycles. The van der Waals surface area contributed by atoms with Crippen molar-refractivity contribution in [3.8, 4) is 0 Å². The summed E-state index contributed by atoms with van der Waals surface area (Å²) in [5.74, 6) is -0.0205. The van der Waals surface area contributed by atoms with Crippen LogP contribution in [0.1, 0.15) is 28.8 Å². The second-order valence-corrected chi connectivity index (χ2v) is 6.01. The Morgan fingerprint density at radius 1 is 1.19 bits per heavy atom. The summed E-state index contributed by atoms with van der Waals surface area (Å²) in [6.07, 6.45) is 0.346. The molecule has 1 aromatic carbocycles. The normalized spacial score (nSPS) is 12.0. The van der Waals surface area contributed by atoms with Gasteiger partial charge in [-0.05, 0) is 54.1 Å². The first-order valence-corrected chi connectivity index (χ1v) is 8.22. The van der Waals surface area contributed by atoms with Crippen molar-refractivity contribution in [2.75, 3.05) is 0 Å². The quantitative estimate of drug-likeness (QED) is 0.731. The van der Waals surface area contributed by atoms with Gasteiger partial charge in [0.15, 0.2) is 0 Å². The number of hydrogen-bond donors (Lipinski definition) is 1. The number of tetrazole rings is 1. The average molecular weight is 354 g/mol. The molecule has 8 heteroatoms. The fourth-order valence-corrected chi connectivity index (χ4v) is 2.65. The van der Waals surface area contributed by atoms with Gasteiger partial charge in [-0.3, -0.25) is 9.78 Å². The summed E-state index contributed by atoms with van der Waals surface area (Å²) in [5, 5.41) is 14.3. The van der Waals surface area contributed by atoms with E-state index >= 15 is 0 Å². The summed E-state index contributed by atoms with van der Waals surface area (Å²) in [6, 6.07) is 11.0. The summed E-state index contributed by atoms with van der Waals surface area (Å²) in [7, 11) is 0. The molecule has 134 valence electrons. The first kappa shape index (κ1) is 17.7. The molecule has 0 aliphatic rings. The van der Waals surface area contributed by atoms with Gasteiger partial charge in [-0.25, -0.2) is 9.07 Å². The summed E-state index contributed by atoms with van der Waals surface area (Å²) in [6.45, 7) is 3.93. The number of halogens is 1. The lowest BCUT2D eigenvalue weighted by Gasteiger charge is -2.17. The van der Waals surface area contributed by atoms with Crippen LogP contribution in [-0.4, -0.2) is 31.1 Å². The molecule has 1 atom stereocenters. The average Bonchev–Trinajstić information content (AvgIpc) is 3.05. The van der Waals surface area contributed by atoms with Crippen LogP contribution in [-0.2, 0) is 17.8 Å². The lowest BCUT2D eigenvalue weighted by atomic mass is 10.1. The maximum atomic E-state index is 13.1. The van der Waals surface area contributed by atoms with Crippen molar-refractivity contribution in [2.24, 2.45) is 0 Å². The fraction of sp³-hybridized carbons (Fsp3) is 0.278. The number of rotatable bonds is 6. The number of aryl methyl sites for hydroxylation is 2. The van der Waals surface area contributed by atoms with Gasteiger partial charge in [0.2, 0.25) is 5.91 Å². The zero-order chi connectivity index (χ0) is 18.5. The predicted octanol–water partition coefficient (Wildman–Crippen LogP) is 1.92. The van der Waals surface area contributed by atoms with Crippen LogP contribution in [0.15, 0.2) is 42.5 Å². The van der Waals surface area contributed by atoms with Gasteiger partial charge in [-0.15, -0.1) is 5.10 Å². The van der Waals surface area contributed by atoms with E-state index in [1.807, 2.05) is 25.1 Å². The van der Waals surface area contributed by atoms with Crippen LogP contribution in [0.25, 0.3) is 0 Å². The van der Waals surface area contributed by atoms with Crippen molar-refractivity contribution in [3.63, 3.8) is 0 Å². The monoisotopic (exact) mass is 354 g/mol. The molecule has 0 spiro atoms. The van der Waals surface area contributed by atoms with Gasteiger partial charge in [-0.1, -0.05) is 18.2 Å². The maximum Gasteiger partial charge on any atom is 0.245 e. The smallest absolute Gasteiger partial charge is 0.245 e. The molecule has 1 unspecified atom stereocenters. The Hall–Kier alpha value is -3.16. The van der Waals surface area contributed by atoms with E-state index in [2.05, 4.69) is 25.8 Å². The van der Waals surface area contributed by atoms with Gasteiger partial charge < -0.3 is 5.32 Å². The highest BCUT2D eigenvalue weighted by molar-refractivity contribution is 5.80. The van der Waals surface area contributed by atoms with Crippen LogP contribution < -0.4 is 5.32 Å². The van der Waals surface area contributed by atoms with Crippen LogP contribution in [0, 0.1) is 19.7 Å². The molecular formula is C18H19FN6O. The van der Waals surface area contributed by atoms with E-state index in [9.17, 15) is 9.18 Å². The van der Waals surface area contributed by atoms with Crippen LogP contribution in [0.3, 0.4) is 0 Å². The second kappa shape index (κ2) is 7.81. The van der Waals surface area contributed by atoms with Crippen LogP contribution in [0.4, 0.5) is 4.39 Å². The summed E-state index contributed by atoms with van der Waals surface area (Å²) in [4.78, 5) is 17.2. The van der Waals surface area contributed by atoms with Crippen LogP contribution in [0.2, 0.25) is 0 Å². The Balaban J connectivity index is 1.77. The van der Waals surface area contributed by atoms with Crippen molar-refractivity contribution in [3.05, 3.63) is 71.1 Å². The lowest BCUT2D eigenvalue weighted by Crippen LogP contribution is -2.34. The van der Waals surface area contributed by atoms with E-state index in [4.69, 9.17) is 0 Å². The highest BCUT2D eigenvalue weighted by Gasteiger charge is 2.24. The molecule has 0 fully saturated rings. The minimum Gasteiger partial charge on any atom is -0.349 e. The van der Waals surface area contributed by atoms with Gasteiger partial charge in [0, 0.05) is 12.1 Å². The summed E-state index contributed by atoms with van der Waals surface area (Å²) < 4.78 is 14.6. The molecule has 3 aromatic rings. The van der Waals surface area contributed by atoms with Crippen LogP contribution in [0.5, 0.6) is 0 Å². The molecule has 26 heavy (non-hydrogen) atoms. The van der Waals surface area contributed by atoms with Crippen molar-refractivity contribution >= 4 is 5.91 Å². The molecule has 3 rings (SSSR count). The van der Waals surface area contributed by atoms with Gasteiger partial charge in [0.1, 0.15) is 17.7 Å². The number of pyridine rings is 1. The SMILES string of the molecule is Cc1cccc(CNC(=O)C(Cc2ccc(F)cc2)n2nnnc2C)n1. The fourth-order valence-electron chi connectivity index (χ4n) is 2.65. The van der Waals surface area contributed by atoms with Gasteiger partial charge in [0.05, 0.1) is 12.2 Å². The molecule has 0 aliphatic heterocycles. The number of nitrogens with one attached hydrogen (secondary N) is 1. The van der Waals surface area contributed by atoms with Crippen molar-refractivity contribution in [2.45, 2.75) is 32.9 Å². The molecule has 7 nitrogen and oxygen atoms in total. The number of amides is 1. The topological polar surface area (TPSA) is 85.6 Å². The number of hydrogen-bond acceptors (Lipinski definition) is 5. The largest absolute Gasteiger partial charge is 0.349 e. The van der Waals surface area contributed by atoms with Gasteiger partial charge in [0.25, 0.3) is 0 Å².